The number of rotatable bonds is 7. The van der Waals surface area contributed by atoms with E-state index in [9.17, 15) is 12.8 Å². The van der Waals surface area contributed by atoms with E-state index in [4.69, 9.17) is 10.2 Å². The molecular weight excluding hydrogens is 459 g/mol. The van der Waals surface area contributed by atoms with E-state index >= 15 is 0 Å². The highest BCUT2D eigenvalue weighted by molar-refractivity contribution is 7.92. The Morgan fingerprint density at radius 3 is 2.47 bits per heavy atom. The van der Waals surface area contributed by atoms with Crippen molar-refractivity contribution in [1.29, 1.82) is 0 Å². The van der Waals surface area contributed by atoms with Gasteiger partial charge >= 0.3 is 0 Å². The van der Waals surface area contributed by atoms with Crippen LogP contribution in [0.15, 0.2) is 58.0 Å². The molecule has 0 spiro atoms. The van der Waals surface area contributed by atoms with Crippen molar-refractivity contribution >= 4 is 15.7 Å². The van der Waals surface area contributed by atoms with Gasteiger partial charge in [-0.3, -0.25) is 0 Å². The highest BCUT2D eigenvalue weighted by atomic mass is 32.2. The molecule has 2 heterocycles. The molecule has 0 aliphatic carbocycles. The van der Waals surface area contributed by atoms with Gasteiger partial charge in [0.25, 0.3) is 5.89 Å². The van der Waals surface area contributed by atoms with Gasteiger partial charge < -0.3 is 15.5 Å². The number of nitrogens with zero attached hydrogens (tertiary/aromatic N) is 4. The van der Waals surface area contributed by atoms with Crippen LogP contribution in [0.4, 0.5) is 10.2 Å². The van der Waals surface area contributed by atoms with Gasteiger partial charge in [-0.15, -0.1) is 10.2 Å². The smallest absolute Gasteiger partial charge is 0.270 e. The van der Waals surface area contributed by atoms with Crippen LogP contribution >= 0.6 is 0 Å². The number of halogens is 1. The van der Waals surface area contributed by atoms with E-state index in [2.05, 4.69) is 25.5 Å². The van der Waals surface area contributed by atoms with Crippen LogP contribution in [0.5, 0.6) is 0 Å². The maximum absolute atomic E-state index is 14.9. The number of aromatic nitrogens is 4. The minimum atomic E-state index is -3.62. The fraction of sp³-hybridized carbons (Fsp3) is 0.217. The molecule has 2 aromatic carbocycles. The van der Waals surface area contributed by atoms with Crippen LogP contribution < -0.4 is 11.1 Å². The second kappa shape index (κ2) is 9.27. The molecule has 11 heteroatoms. The first kappa shape index (κ1) is 23.5. The molecule has 9 nitrogen and oxygen atoms in total. The maximum Gasteiger partial charge on any atom is 0.270 e. The maximum atomic E-state index is 14.9. The summed E-state index contributed by atoms with van der Waals surface area (Å²) in [5.74, 6) is -0.421. The van der Waals surface area contributed by atoms with Crippen molar-refractivity contribution < 1.29 is 21.5 Å². The molecule has 0 fully saturated rings. The van der Waals surface area contributed by atoms with E-state index in [-0.39, 0.29) is 43.7 Å². The van der Waals surface area contributed by atoms with Crippen molar-refractivity contribution in [3.8, 4) is 34.3 Å². The average Bonchev–Trinajstić information content (AvgIpc) is 3.30. The zero-order valence-electron chi connectivity index (χ0n) is 18.8. The summed E-state index contributed by atoms with van der Waals surface area (Å²) < 4.78 is 45.3. The van der Waals surface area contributed by atoms with Gasteiger partial charge in [0.15, 0.2) is 21.3 Å². The molecule has 3 N–H and O–H groups in total. The highest BCUT2D eigenvalue weighted by Gasteiger charge is 2.22. The van der Waals surface area contributed by atoms with Crippen molar-refractivity contribution in [3.63, 3.8) is 0 Å². The Bertz CT molecular complexity index is 1450. The molecule has 0 saturated carbocycles. The van der Waals surface area contributed by atoms with Crippen molar-refractivity contribution in [3.05, 3.63) is 60.0 Å². The standard InChI is InChI=1S/C23H23FN6O3S.3H2/c1-13(2)34(31,32)16-8-9-17(18(24)10-16)19-12-27-21(25)20(28-19)23-30-29-22(33-23)15-6-4-14(5-7-15)11-26-3;;;/h4-10,12-13,26H,11H2,1-3H3,(H2,25,27);3*1H. The molecule has 0 atom stereocenters. The molecule has 0 unspecified atom stereocenters. The lowest BCUT2D eigenvalue weighted by atomic mass is 10.1. The number of nitrogen functional groups attached to an aromatic ring is 1. The molecule has 0 radical (unpaired) electrons. The topological polar surface area (TPSA) is 137 Å². The number of hydrogen-bond donors (Lipinski definition) is 2. The van der Waals surface area contributed by atoms with Crippen molar-refractivity contribution in [2.24, 2.45) is 0 Å². The SMILES string of the molecule is CNCc1ccc(-c2nnc(-c3nc(-c4ccc(S(=O)(=O)C(C)C)cc4F)cnc3N)o2)cc1.[HH].[HH].[HH]. The normalized spacial score (nSPS) is 11.8. The molecular formula is C23H29FN6O3S. The quantitative estimate of drug-likeness (QED) is 0.391. The lowest BCUT2D eigenvalue weighted by Crippen LogP contribution is -2.14. The van der Waals surface area contributed by atoms with E-state index < -0.39 is 20.9 Å². The second-order valence-corrected chi connectivity index (χ2v) is 10.4. The summed E-state index contributed by atoms with van der Waals surface area (Å²) in [5.41, 5.74) is 8.10. The fourth-order valence-corrected chi connectivity index (χ4v) is 4.31. The minimum Gasteiger partial charge on any atom is -0.414 e. The van der Waals surface area contributed by atoms with E-state index in [0.717, 1.165) is 18.2 Å². The number of anilines is 1. The number of hydrogen-bond acceptors (Lipinski definition) is 9. The Morgan fingerprint density at radius 2 is 1.82 bits per heavy atom. The van der Waals surface area contributed by atoms with Gasteiger partial charge in [0.1, 0.15) is 5.82 Å². The van der Waals surface area contributed by atoms with Crippen molar-refractivity contribution in [1.82, 2.24) is 25.5 Å². The second-order valence-electron chi connectivity index (χ2n) is 7.86. The fourth-order valence-electron chi connectivity index (χ4n) is 3.24. The third-order valence-corrected chi connectivity index (χ3v) is 7.33. The van der Waals surface area contributed by atoms with Crippen LogP contribution in [0.25, 0.3) is 34.3 Å². The third-order valence-electron chi connectivity index (χ3n) is 5.18. The van der Waals surface area contributed by atoms with Crippen molar-refractivity contribution in [2.75, 3.05) is 12.8 Å². The Balaban J connectivity index is 0.00000228. The molecule has 4 rings (SSSR count). The van der Waals surface area contributed by atoms with Gasteiger partial charge in [-0.05, 0) is 56.8 Å². The third kappa shape index (κ3) is 4.52. The summed E-state index contributed by atoms with van der Waals surface area (Å²) >= 11 is 0. The van der Waals surface area contributed by atoms with Crippen LogP contribution in [0.3, 0.4) is 0 Å². The molecule has 4 aromatic rings. The summed E-state index contributed by atoms with van der Waals surface area (Å²) in [5, 5.41) is 10.5. The van der Waals surface area contributed by atoms with E-state index in [1.54, 1.807) is 0 Å². The van der Waals surface area contributed by atoms with Gasteiger partial charge in [0.2, 0.25) is 5.89 Å². The molecule has 0 saturated heterocycles. The lowest BCUT2D eigenvalue weighted by molar-refractivity contribution is 0.582. The first-order valence-electron chi connectivity index (χ1n) is 10.4. The zero-order valence-corrected chi connectivity index (χ0v) is 19.6. The lowest BCUT2D eigenvalue weighted by Gasteiger charge is -2.10. The average molecular weight is 489 g/mol. The highest BCUT2D eigenvalue weighted by Crippen LogP contribution is 2.30. The van der Waals surface area contributed by atoms with Gasteiger partial charge in [0, 0.05) is 22.0 Å². The van der Waals surface area contributed by atoms with Crippen LogP contribution in [0, 0.1) is 5.82 Å². The molecule has 0 amide bonds. The molecule has 182 valence electrons. The van der Waals surface area contributed by atoms with Crippen LogP contribution in [-0.4, -0.2) is 40.9 Å². The molecule has 0 aliphatic heterocycles. The van der Waals surface area contributed by atoms with E-state index in [1.807, 2.05) is 31.3 Å². The summed E-state index contributed by atoms with van der Waals surface area (Å²) in [6.07, 6.45) is 1.30. The van der Waals surface area contributed by atoms with Crippen molar-refractivity contribution in [2.45, 2.75) is 30.5 Å². The Morgan fingerprint density at radius 1 is 1.12 bits per heavy atom. The summed E-state index contributed by atoms with van der Waals surface area (Å²) in [6, 6.07) is 11.3. The van der Waals surface area contributed by atoms with Gasteiger partial charge in [0.05, 0.1) is 22.0 Å². The van der Waals surface area contributed by atoms with Gasteiger partial charge in [-0.2, -0.15) is 0 Å². The van der Waals surface area contributed by atoms with Gasteiger partial charge in [-0.1, -0.05) is 12.1 Å². The summed E-state index contributed by atoms with van der Waals surface area (Å²) in [6.45, 7) is 3.80. The molecule has 0 aliphatic rings. The Hall–Kier alpha value is -3.70. The van der Waals surface area contributed by atoms with E-state index in [1.165, 1.54) is 32.2 Å². The van der Waals surface area contributed by atoms with Gasteiger partial charge in [-0.25, -0.2) is 22.8 Å². The van der Waals surface area contributed by atoms with Crippen LogP contribution in [0.1, 0.15) is 23.7 Å². The predicted octanol–water partition coefficient (Wildman–Crippen LogP) is 4.22. The first-order chi connectivity index (χ1) is 16.2. The summed E-state index contributed by atoms with van der Waals surface area (Å²) in [7, 11) is -1.75. The Labute approximate surface area is 200 Å². The van der Waals surface area contributed by atoms with Crippen LogP contribution in [-0.2, 0) is 16.4 Å². The minimum absolute atomic E-state index is 0. The molecule has 2 aromatic heterocycles. The predicted molar refractivity (Wildman–Crippen MR) is 132 cm³/mol. The number of nitrogens with one attached hydrogen (secondary N) is 1. The number of nitrogens with two attached hydrogens (primary N) is 1. The van der Waals surface area contributed by atoms with E-state index in [0.29, 0.717) is 5.56 Å². The first-order valence-corrected chi connectivity index (χ1v) is 12.0. The van der Waals surface area contributed by atoms with Crippen LogP contribution in [0.2, 0.25) is 0 Å². The monoisotopic (exact) mass is 488 g/mol. The zero-order chi connectivity index (χ0) is 24.5. The largest absolute Gasteiger partial charge is 0.414 e. The number of sulfone groups is 1. The molecule has 34 heavy (non-hydrogen) atoms. The Kier molecular flexibility index (Phi) is 6.40. The molecule has 0 bridgehead atoms. The number of benzene rings is 2. The summed E-state index contributed by atoms with van der Waals surface area (Å²) in [4.78, 5) is 8.34.